The van der Waals surface area contributed by atoms with E-state index in [1.807, 2.05) is 25.3 Å². The fraction of sp³-hybridized carbons (Fsp3) is 0.353. The van der Waals surface area contributed by atoms with Gasteiger partial charge >= 0.3 is 0 Å². The monoisotopic (exact) mass is 283 g/mol. The lowest BCUT2D eigenvalue weighted by atomic mass is 10.0. The number of aromatic nitrogens is 2. The van der Waals surface area contributed by atoms with Crippen LogP contribution in [-0.2, 0) is 13.0 Å². The summed E-state index contributed by atoms with van der Waals surface area (Å²) in [4.78, 5) is 0. The number of aromatic amines is 1. The van der Waals surface area contributed by atoms with Crippen LogP contribution in [0.1, 0.15) is 42.5 Å². The standard InChI is InChI=1S/C17H21N3O/c1-4-14-15-7-5-6-8-16(15)21-17(14)12(3)18-9-13-10-19-20-11(13)2/h5-8,10,12,18H,4,9H2,1-3H3,(H,19,20). The first-order chi connectivity index (χ1) is 10.2. The van der Waals surface area contributed by atoms with Gasteiger partial charge in [-0.05, 0) is 26.3 Å². The minimum absolute atomic E-state index is 0.168. The van der Waals surface area contributed by atoms with Crippen molar-refractivity contribution in [1.29, 1.82) is 0 Å². The maximum atomic E-state index is 6.07. The lowest BCUT2D eigenvalue weighted by Gasteiger charge is -2.12. The van der Waals surface area contributed by atoms with E-state index in [1.54, 1.807) is 0 Å². The lowest BCUT2D eigenvalue weighted by Crippen LogP contribution is -2.18. The van der Waals surface area contributed by atoms with Crippen LogP contribution in [0.2, 0.25) is 0 Å². The summed E-state index contributed by atoms with van der Waals surface area (Å²) >= 11 is 0. The van der Waals surface area contributed by atoms with Crippen molar-refractivity contribution in [2.24, 2.45) is 0 Å². The molecule has 110 valence electrons. The normalized spacial score (nSPS) is 12.9. The summed E-state index contributed by atoms with van der Waals surface area (Å²) in [6.07, 6.45) is 2.84. The molecule has 1 atom stereocenters. The van der Waals surface area contributed by atoms with E-state index >= 15 is 0 Å². The summed E-state index contributed by atoms with van der Waals surface area (Å²) in [5.41, 5.74) is 4.57. The number of nitrogens with one attached hydrogen (secondary N) is 2. The van der Waals surface area contributed by atoms with Crippen molar-refractivity contribution < 1.29 is 4.42 Å². The molecule has 3 rings (SSSR count). The Hall–Kier alpha value is -2.07. The van der Waals surface area contributed by atoms with Crippen LogP contribution in [0, 0.1) is 6.92 Å². The first-order valence-corrected chi connectivity index (χ1v) is 7.43. The Bertz CT molecular complexity index is 741. The molecule has 0 aliphatic heterocycles. The van der Waals surface area contributed by atoms with Gasteiger partial charge in [-0.15, -0.1) is 0 Å². The van der Waals surface area contributed by atoms with Gasteiger partial charge in [0.2, 0.25) is 0 Å². The van der Waals surface area contributed by atoms with Crippen molar-refractivity contribution in [3.05, 3.63) is 53.0 Å². The highest BCUT2D eigenvalue weighted by Crippen LogP contribution is 2.30. The lowest BCUT2D eigenvalue weighted by molar-refractivity contribution is 0.445. The van der Waals surface area contributed by atoms with Gasteiger partial charge in [-0.2, -0.15) is 5.10 Å². The fourth-order valence-corrected chi connectivity index (χ4v) is 2.74. The number of nitrogens with zero attached hydrogens (tertiary/aromatic N) is 1. The van der Waals surface area contributed by atoms with Crippen molar-refractivity contribution in [3.8, 4) is 0 Å². The topological polar surface area (TPSA) is 53.9 Å². The molecule has 1 unspecified atom stereocenters. The van der Waals surface area contributed by atoms with E-state index in [-0.39, 0.29) is 6.04 Å². The largest absolute Gasteiger partial charge is 0.459 e. The van der Waals surface area contributed by atoms with Crippen LogP contribution in [0.5, 0.6) is 0 Å². The average molecular weight is 283 g/mol. The van der Waals surface area contributed by atoms with Crippen molar-refractivity contribution in [3.63, 3.8) is 0 Å². The number of fused-ring (bicyclic) bond motifs is 1. The van der Waals surface area contributed by atoms with Crippen LogP contribution < -0.4 is 5.32 Å². The summed E-state index contributed by atoms with van der Waals surface area (Å²) in [6, 6.07) is 8.41. The van der Waals surface area contributed by atoms with Gasteiger partial charge < -0.3 is 9.73 Å². The number of hydrogen-bond acceptors (Lipinski definition) is 3. The van der Waals surface area contributed by atoms with Crippen LogP contribution in [0.25, 0.3) is 11.0 Å². The van der Waals surface area contributed by atoms with Gasteiger partial charge in [0.1, 0.15) is 11.3 Å². The number of hydrogen-bond donors (Lipinski definition) is 2. The molecule has 0 aliphatic rings. The van der Waals surface area contributed by atoms with Crippen molar-refractivity contribution in [2.45, 2.75) is 39.8 Å². The third-order valence-electron chi connectivity index (χ3n) is 4.01. The SMILES string of the molecule is CCc1c(C(C)NCc2cn[nH]c2C)oc2ccccc12. The Balaban J connectivity index is 1.84. The van der Waals surface area contributed by atoms with Crippen LogP contribution in [0.15, 0.2) is 34.9 Å². The molecule has 0 saturated heterocycles. The van der Waals surface area contributed by atoms with E-state index in [9.17, 15) is 0 Å². The minimum Gasteiger partial charge on any atom is -0.459 e. The number of aryl methyl sites for hydroxylation is 2. The highest BCUT2D eigenvalue weighted by atomic mass is 16.3. The molecule has 21 heavy (non-hydrogen) atoms. The second-order valence-electron chi connectivity index (χ2n) is 5.42. The molecule has 0 radical (unpaired) electrons. The van der Waals surface area contributed by atoms with Crippen molar-refractivity contribution in [2.75, 3.05) is 0 Å². The van der Waals surface area contributed by atoms with Crippen molar-refractivity contribution >= 4 is 11.0 Å². The molecule has 1 aromatic carbocycles. The molecule has 4 nitrogen and oxygen atoms in total. The third-order valence-corrected chi connectivity index (χ3v) is 4.01. The number of H-pyrrole nitrogens is 1. The van der Waals surface area contributed by atoms with E-state index in [0.29, 0.717) is 0 Å². The highest BCUT2D eigenvalue weighted by Gasteiger charge is 2.18. The molecule has 2 N–H and O–H groups in total. The fourth-order valence-electron chi connectivity index (χ4n) is 2.74. The molecular formula is C17H21N3O. The maximum Gasteiger partial charge on any atom is 0.134 e. The quantitative estimate of drug-likeness (QED) is 0.747. The number of rotatable bonds is 5. The molecular weight excluding hydrogens is 262 g/mol. The smallest absolute Gasteiger partial charge is 0.134 e. The van der Waals surface area contributed by atoms with Crippen LogP contribution in [-0.4, -0.2) is 10.2 Å². The molecule has 0 fully saturated rings. The van der Waals surface area contributed by atoms with Crippen LogP contribution in [0.3, 0.4) is 0 Å². The van der Waals surface area contributed by atoms with E-state index in [1.165, 1.54) is 16.5 Å². The van der Waals surface area contributed by atoms with Crippen LogP contribution in [0.4, 0.5) is 0 Å². The third kappa shape index (κ3) is 2.59. The van der Waals surface area contributed by atoms with E-state index in [2.05, 4.69) is 41.5 Å². The van der Waals surface area contributed by atoms with E-state index in [0.717, 1.165) is 30.0 Å². The minimum atomic E-state index is 0.168. The zero-order chi connectivity index (χ0) is 14.8. The van der Waals surface area contributed by atoms with Gasteiger partial charge in [-0.3, -0.25) is 5.10 Å². The van der Waals surface area contributed by atoms with Gasteiger partial charge in [0.25, 0.3) is 0 Å². The molecule has 2 heterocycles. The zero-order valence-electron chi connectivity index (χ0n) is 12.7. The summed E-state index contributed by atoms with van der Waals surface area (Å²) in [7, 11) is 0. The Labute approximate surface area is 124 Å². The number of benzene rings is 1. The number of para-hydroxylation sites is 1. The number of furan rings is 1. The molecule has 0 bridgehead atoms. The molecule has 0 saturated carbocycles. The molecule has 3 aromatic rings. The second kappa shape index (κ2) is 5.74. The molecule has 4 heteroatoms. The Morgan fingerprint density at radius 1 is 1.33 bits per heavy atom. The van der Waals surface area contributed by atoms with E-state index < -0.39 is 0 Å². The molecule has 0 spiro atoms. The zero-order valence-corrected chi connectivity index (χ0v) is 12.7. The van der Waals surface area contributed by atoms with Gasteiger partial charge in [-0.1, -0.05) is 25.1 Å². The molecule has 0 aliphatic carbocycles. The Morgan fingerprint density at radius 2 is 2.14 bits per heavy atom. The molecule has 2 aromatic heterocycles. The Morgan fingerprint density at radius 3 is 2.86 bits per heavy atom. The maximum absolute atomic E-state index is 6.07. The average Bonchev–Trinajstić information content (AvgIpc) is 3.07. The predicted octanol–water partition coefficient (Wildman–Crippen LogP) is 3.88. The summed E-state index contributed by atoms with van der Waals surface area (Å²) in [5, 5.41) is 11.8. The first-order valence-electron chi connectivity index (χ1n) is 7.43. The highest BCUT2D eigenvalue weighted by molar-refractivity contribution is 5.82. The van der Waals surface area contributed by atoms with Gasteiger partial charge in [-0.25, -0.2) is 0 Å². The summed E-state index contributed by atoms with van der Waals surface area (Å²) in [6.45, 7) is 7.14. The van der Waals surface area contributed by atoms with Gasteiger partial charge in [0, 0.05) is 28.8 Å². The van der Waals surface area contributed by atoms with E-state index in [4.69, 9.17) is 4.42 Å². The predicted molar refractivity (Wildman–Crippen MR) is 84.2 cm³/mol. The summed E-state index contributed by atoms with van der Waals surface area (Å²) in [5.74, 6) is 1.04. The Kier molecular flexibility index (Phi) is 3.80. The van der Waals surface area contributed by atoms with Gasteiger partial charge in [0.15, 0.2) is 0 Å². The van der Waals surface area contributed by atoms with Crippen molar-refractivity contribution in [1.82, 2.24) is 15.5 Å². The van der Waals surface area contributed by atoms with Crippen LogP contribution >= 0.6 is 0 Å². The van der Waals surface area contributed by atoms with Gasteiger partial charge in [0.05, 0.1) is 12.2 Å². The second-order valence-corrected chi connectivity index (χ2v) is 5.42. The summed E-state index contributed by atoms with van der Waals surface area (Å²) < 4.78 is 6.07. The molecule has 0 amide bonds. The first kappa shape index (κ1) is 13.9.